The number of aromatic nitrogens is 3. The maximum atomic E-state index is 10.9. The number of thiazole rings is 1. The number of carboxylic acids is 1. The zero-order chi connectivity index (χ0) is 28.4. The molecule has 40 heavy (non-hydrogen) atoms. The molecule has 3 aromatic rings. The SMILES string of the molecule is C[C@@H]1CN(c2cnc(C(O)Nc3nc(-c4csc(Cl)c4)c(CN4[C@H](C)CC[C@H]4N)s3)cn2)CCN1CCC(=O)O. The number of aliphatic hydroxyl groups is 1. The number of hydrogen-bond acceptors (Lipinski definition) is 12. The number of aliphatic carboxylic acids is 1. The van der Waals surface area contributed by atoms with Crippen LogP contribution >= 0.6 is 34.3 Å². The smallest absolute Gasteiger partial charge is 0.304 e. The summed E-state index contributed by atoms with van der Waals surface area (Å²) in [7, 11) is 0. The van der Waals surface area contributed by atoms with Crippen molar-refractivity contribution in [3.05, 3.63) is 38.7 Å². The summed E-state index contributed by atoms with van der Waals surface area (Å²) >= 11 is 9.18. The van der Waals surface area contributed by atoms with Crippen molar-refractivity contribution >= 4 is 51.2 Å². The number of carbonyl (C=O) groups is 1. The Labute approximate surface area is 246 Å². The van der Waals surface area contributed by atoms with Crippen LogP contribution in [0.1, 0.15) is 49.9 Å². The third-order valence-corrected chi connectivity index (χ3v) is 9.70. The Hall–Kier alpha value is -2.39. The first-order valence-corrected chi connectivity index (χ1v) is 15.5. The fourth-order valence-corrected chi connectivity index (χ4v) is 7.17. The number of piperazine rings is 1. The fourth-order valence-electron chi connectivity index (χ4n) is 5.29. The Morgan fingerprint density at radius 3 is 2.70 bits per heavy atom. The molecule has 0 bridgehead atoms. The number of nitrogens with one attached hydrogen (secondary N) is 1. The van der Waals surface area contributed by atoms with Crippen LogP contribution in [0.5, 0.6) is 0 Å². The van der Waals surface area contributed by atoms with Crippen LogP contribution in [0, 0.1) is 0 Å². The highest BCUT2D eigenvalue weighted by Crippen LogP contribution is 2.38. The van der Waals surface area contributed by atoms with Gasteiger partial charge in [-0.1, -0.05) is 11.6 Å². The maximum Gasteiger partial charge on any atom is 0.304 e. The predicted octanol–water partition coefficient (Wildman–Crippen LogP) is 3.67. The van der Waals surface area contributed by atoms with Crippen molar-refractivity contribution in [3.8, 4) is 11.3 Å². The van der Waals surface area contributed by atoms with Gasteiger partial charge in [0.1, 0.15) is 11.5 Å². The minimum Gasteiger partial charge on any atom is -0.481 e. The topological polar surface area (TPSA) is 144 Å². The molecule has 0 spiro atoms. The molecule has 0 aromatic carbocycles. The van der Waals surface area contributed by atoms with Gasteiger partial charge in [0.15, 0.2) is 11.4 Å². The van der Waals surface area contributed by atoms with Crippen molar-refractivity contribution in [2.24, 2.45) is 5.73 Å². The first kappa shape index (κ1) is 29.1. The Kier molecular flexibility index (Phi) is 9.20. The summed E-state index contributed by atoms with van der Waals surface area (Å²) in [5.74, 6) is -0.0559. The number of nitrogens with two attached hydrogens (primary N) is 1. The summed E-state index contributed by atoms with van der Waals surface area (Å²) < 4.78 is 0.696. The second-order valence-electron chi connectivity index (χ2n) is 10.4. The highest BCUT2D eigenvalue weighted by Gasteiger charge is 2.30. The van der Waals surface area contributed by atoms with E-state index < -0.39 is 12.2 Å². The van der Waals surface area contributed by atoms with Crippen LogP contribution < -0.4 is 16.0 Å². The number of aliphatic hydroxyl groups excluding tert-OH is 1. The van der Waals surface area contributed by atoms with Gasteiger partial charge in [0.2, 0.25) is 0 Å². The van der Waals surface area contributed by atoms with E-state index in [0.717, 1.165) is 54.4 Å². The van der Waals surface area contributed by atoms with Crippen LogP contribution in [-0.4, -0.2) is 85.4 Å². The minimum atomic E-state index is -1.08. The Morgan fingerprint density at radius 1 is 1.25 bits per heavy atom. The van der Waals surface area contributed by atoms with Crippen LogP contribution in [0.3, 0.4) is 0 Å². The van der Waals surface area contributed by atoms with Crippen LogP contribution in [0.15, 0.2) is 23.8 Å². The lowest BCUT2D eigenvalue weighted by Gasteiger charge is -2.40. The van der Waals surface area contributed by atoms with Crippen molar-refractivity contribution in [3.63, 3.8) is 0 Å². The number of anilines is 2. The average Bonchev–Trinajstić information content (AvgIpc) is 3.63. The van der Waals surface area contributed by atoms with Crippen LogP contribution in [0.4, 0.5) is 10.9 Å². The van der Waals surface area contributed by atoms with Gasteiger partial charge in [0.05, 0.1) is 35.0 Å². The summed E-state index contributed by atoms with van der Waals surface area (Å²) in [6, 6.07) is 2.50. The van der Waals surface area contributed by atoms with Crippen molar-refractivity contribution in [1.82, 2.24) is 24.8 Å². The molecule has 0 amide bonds. The monoisotopic (exact) mass is 606 g/mol. The molecule has 5 heterocycles. The Bertz CT molecular complexity index is 1300. The van der Waals surface area contributed by atoms with E-state index in [1.807, 2.05) is 11.4 Å². The van der Waals surface area contributed by atoms with Crippen LogP contribution in [0.2, 0.25) is 4.34 Å². The number of carboxylic acid groups (broad SMARTS) is 1. The maximum absolute atomic E-state index is 10.9. The summed E-state index contributed by atoms with van der Waals surface area (Å²) in [5.41, 5.74) is 8.55. The van der Waals surface area contributed by atoms with Gasteiger partial charge in [-0.15, -0.1) is 22.7 Å². The molecule has 5 rings (SSSR count). The van der Waals surface area contributed by atoms with E-state index in [1.165, 1.54) is 22.7 Å². The van der Waals surface area contributed by atoms with E-state index in [0.29, 0.717) is 34.3 Å². The van der Waals surface area contributed by atoms with Gasteiger partial charge in [-0.2, -0.15) is 0 Å². The molecule has 11 nitrogen and oxygen atoms in total. The Morgan fingerprint density at radius 2 is 2.08 bits per heavy atom. The van der Waals surface area contributed by atoms with E-state index in [2.05, 4.69) is 43.8 Å². The molecule has 0 saturated carbocycles. The molecule has 4 atom stereocenters. The largest absolute Gasteiger partial charge is 0.481 e. The quantitative estimate of drug-likeness (QED) is 0.251. The third-order valence-electron chi connectivity index (χ3n) is 7.64. The first-order chi connectivity index (χ1) is 19.2. The van der Waals surface area contributed by atoms with Gasteiger partial charge in [-0.05, 0) is 32.8 Å². The van der Waals surface area contributed by atoms with E-state index in [9.17, 15) is 9.90 Å². The molecule has 2 aliphatic heterocycles. The molecular formula is C26H35ClN8O3S2. The third kappa shape index (κ3) is 6.73. The highest BCUT2D eigenvalue weighted by molar-refractivity contribution is 7.16. The average molecular weight is 607 g/mol. The number of thiophene rings is 1. The summed E-state index contributed by atoms with van der Waals surface area (Å²) in [4.78, 5) is 32.4. The lowest BCUT2D eigenvalue weighted by molar-refractivity contribution is -0.137. The van der Waals surface area contributed by atoms with Crippen molar-refractivity contribution < 1.29 is 15.0 Å². The molecule has 216 valence electrons. The van der Waals surface area contributed by atoms with Gasteiger partial charge < -0.3 is 26.2 Å². The lowest BCUT2D eigenvalue weighted by Crippen LogP contribution is -2.52. The van der Waals surface area contributed by atoms with Crippen molar-refractivity contribution in [1.29, 1.82) is 0 Å². The number of rotatable bonds is 10. The Balaban J connectivity index is 1.25. The standard InChI is InChI=1S/C26H35ClN8O3S2/c1-15-3-4-21(28)35(15)13-19-24(17-9-20(27)39-14-17)31-26(40-19)32-25(38)18-10-30-22(11-29-18)34-8-7-33(16(2)12-34)6-5-23(36)37/h9-11,14-16,21,25,38H,3-8,12-13,28H2,1-2H3,(H,31,32)(H,36,37)/t15-,16-,21+,25?/m1/s1. The zero-order valence-electron chi connectivity index (χ0n) is 22.5. The van der Waals surface area contributed by atoms with Crippen molar-refractivity contribution in [2.45, 2.75) is 64.1 Å². The molecule has 5 N–H and O–H groups in total. The molecule has 0 aliphatic carbocycles. The van der Waals surface area contributed by atoms with E-state index in [4.69, 9.17) is 27.4 Å². The highest BCUT2D eigenvalue weighted by atomic mass is 35.5. The van der Waals surface area contributed by atoms with Crippen LogP contribution in [0.25, 0.3) is 11.3 Å². The molecule has 3 aromatic heterocycles. The van der Waals surface area contributed by atoms with Gasteiger partial charge in [0, 0.05) is 60.6 Å². The molecule has 2 fully saturated rings. The van der Waals surface area contributed by atoms with E-state index in [-0.39, 0.29) is 18.6 Å². The van der Waals surface area contributed by atoms with Crippen molar-refractivity contribution in [2.75, 3.05) is 36.4 Å². The van der Waals surface area contributed by atoms with Crippen LogP contribution in [-0.2, 0) is 11.3 Å². The van der Waals surface area contributed by atoms with Gasteiger partial charge >= 0.3 is 5.97 Å². The number of halogens is 1. The molecule has 2 saturated heterocycles. The number of likely N-dealkylation sites (tertiary alicyclic amines) is 1. The zero-order valence-corrected chi connectivity index (χ0v) is 24.9. The molecule has 1 unspecified atom stereocenters. The summed E-state index contributed by atoms with van der Waals surface area (Å²) in [5, 5.41) is 25.6. The van der Waals surface area contributed by atoms with E-state index >= 15 is 0 Å². The second kappa shape index (κ2) is 12.6. The summed E-state index contributed by atoms with van der Waals surface area (Å²) in [6.07, 6.45) is 4.35. The molecule has 14 heteroatoms. The fraction of sp³-hybridized carbons (Fsp3) is 0.538. The summed E-state index contributed by atoms with van der Waals surface area (Å²) in [6.45, 7) is 7.71. The predicted molar refractivity (Wildman–Crippen MR) is 159 cm³/mol. The van der Waals surface area contributed by atoms with Gasteiger partial charge in [-0.3, -0.25) is 19.6 Å². The normalized spacial score (nSPS) is 23.0. The number of nitrogens with zero attached hydrogens (tertiary/aromatic N) is 6. The minimum absolute atomic E-state index is 0.0162. The molecule has 2 aliphatic rings. The first-order valence-electron chi connectivity index (χ1n) is 13.4. The van der Waals surface area contributed by atoms with Gasteiger partial charge in [0.25, 0.3) is 0 Å². The lowest BCUT2D eigenvalue weighted by atomic mass is 10.2. The van der Waals surface area contributed by atoms with Gasteiger partial charge in [-0.25, -0.2) is 9.97 Å². The molecule has 0 radical (unpaired) electrons. The second-order valence-corrected chi connectivity index (χ2v) is 13.0. The van der Waals surface area contributed by atoms with E-state index in [1.54, 1.807) is 12.4 Å². The molecular weight excluding hydrogens is 572 g/mol. The number of hydrogen-bond donors (Lipinski definition) is 4.